The lowest BCUT2D eigenvalue weighted by Crippen LogP contribution is -2.21. The fraction of sp³-hybridized carbons (Fsp3) is 0.562. The Hall–Kier alpha value is -2.36. The van der Waals surface area contributed by atoms with Crippen molar-refractivity contribution < 1.29 is 17.9 Å². The van der Waals surface area contributed by atoms with Gasteiger partial charge in [0.25, 0.3) is 0 Å². The molecule has 0 radical (unpaired) electrons. The lowest BCUT2D eigenvalue weighted by molar-refractivity contribution is -0.0279. The van der Waals surface area contributed by atoms with E-state index in [1.807, 2.05) is 17.8 Å². The van der Waals surface area contributed by atoms with E-state index in [4.69, 9.17) is 4.74 Å². The predicted molar refractivity (Wildman–Crippen MR) is 90.8 cm³/mol. The van der Waals surface area contributed by atoms with Crippen LogP contribution in [0.4, 0.5) is 30.6 Å². The molecule has 0 aromatic carbocycles. The summed E-state index contributed by atoms with van der Waals surface area (Å²) in [7, 11) is 1.44. The number of aryl methyl sites for hydroxylation is 1. The number of nitrogens with zero attached hydrogens (tertiary/aromatic N) is 4. The van der Waals surface area contributed by atoms with Crippen LogP contribution in [0.1, 0.15) is 30.1 Å². The standard InChI is InChI=1S/C16H21F3N6O/c1-10-13(7-25(24-10)11-4-3-5-26-8-11)22-15-21-6-12(14(20-2)23-15)16(18,19)9-17/h6-7,11H,3-5,8-9H2,1-2H3,(H2,20,21,22,23). The summed E-state index contributed by atoms with van der Waals surface area (Å²) in [5.41, 5.74) is 0.811. The molecule has 142 valence electrons. The summed E-state index contributed by atoms with van der Waals surface area (Å²) in [6, 6.07) is 0.164. The molecule has 0 aliphatic carbocycles. The number of aromatic nitrogens is 4. The van der Waals surface area contributed by atoms with E-state index < -0.39 is 18.2 Å². The van der Waals surface area contributed by atoms with Crippen molar-refractivity contribution in [2.75, 3.05) is 37.6 Å². The Kier molecular flexibility index (Phi) is 5.30. The number of rotatable bonds is 6. The minimum absolute atomic E-state index is 0.121. The maximum atomic E-state index is 13.6. The molecule has 1 atom stereocenters. The zero-order valence-corrected chi connectivity index (χ0v) is 14.6. The Morgan fingerprint density at radius 2 is 2.23 bits per heavy atom. The van der Waals surface area contributed by atoms with Gasteiger partial charge in [-0.25, -0.2) is 9.37 Å². The van der Waals surface area contributed by atoms with E-state index in [0.29, 0.717) is 12.3 Å². The molecule has 0 spiro atoms. The van der Waals surface area contributed by atoms with Crippen LogP contribution >= 0.6 is 0 Å². The van der Waals surface area contributed by atoms with Gasteiger partial charge in [-0.05, 0) is 19.8 Å². The molecule has 0 bridgehead atoms. The zero-order chi connectivity index (χ0) is 18.7. The van der Waals surface area contributed by atoms with Crippen molar-refractivity contribution in [1.29, 1.82) is 0 Å². The van der Waals surface area contributed by atoms with Gasteiger partial charge in [-0.15, -0.1) is 0 Å². The molecule has 0 saturated carbocycles. The second-order valence-corrected chi connectivity index (χ2v) is 6.15. The van der Waals surface area contributed by atoms with Crippen LogP contribution in [0.3, 0.4) is 0 Å². The molecular weight excluding hydrogens is 349 g/mol. The maximum Gasteiger partial charge on any atom is 0.306 e. The molecule has 2 aromatic heterocycles. The molecule has 1 fully saturated rings. The SMILES string of the molecule is CNc1nc(Nc2cn(C3CCCOC3)nc2C)ncc1C(F)(F)CF. The molecule has 7 nitrogen and oxygen atoms in total. The molecular formula is C16H21F3N6O. The molecule has 1 aliphatic rings. The van der Waals surface area contributed by atoms with Crippen molar-refractivity contribution >= 4 is 17.5 Å². The number of halogens is 3. The minimum atomic E-state index is -3.64. The maximum absolute atomic E-state index is 13.6. The monoisotopic (exact) mass is 370 g/mol. The molecule has 26 heavy (non-hydrogen) atoms. The van der Waals surface area contributed by atoms with Gasteiger partial charge in [-0.3, -0.25) is 4.68 Å². The lowest BCUT2D eigenvalue weighted by atomic mass is 10.1. The highest BCUT2D eigenvalue weighted by atomic mass is 19.3. The number of hydrogen-bond acceptors (Lipinski definition) is 6. The Labute approximate surface area is 149 Å². The van der Waals surface area contributed by atoms with Gasteiger partial charge in [-0.2, -0.15) is 18.9 Å². The van der Waals surface area contributed by atoms with Crippen molar-refractivity contribution in [3.8, 4) is 0 Å². The second-order valence-electron chi connectivity index (χ2n) is 6.15. The Morgan fingerprint density at radius 1 is 1.42 bits per heavy atom. The van der Waals surface area contributed by atoms with E-state index in [1.54, 1.807) is 0 Å². The highest BCUT2D eigenvalue weighted by molar-refractivity contribution is 5.58. The quantitative estimate of drug-likeness (QED) is 0.813. The van der Waals surface area contributed by atoms with Crippen LogP contribution in [-0.2, 0) is 10.7 Å². The van der Waals surface area contributed by atoms with E-state index in [9.17, 15) is 13.2 Å². The summed E-state index contributed by atoms with van der Waals surface area (Å²) in [4.78, 5) is 7.91. The largest absolute Gasteiger partial charge is 0.379 e. The molecule has 1 unspecified atom stereocenters. The van der Waals surface area contributed by atoms with Gasteiger partial charge < -0.3 is 15.4 Å². The van der Waals surface area contributed by atoms with Gasteiger partial charge in [0.15, 0.2) is 6.67 Å². The van der Waals surface area contributed by atoms with Gasteiger partial charge in [-0.1, -0.05) is 0 Å². The van der Waals surface area contributed by atoms with Crippen molar-refractivity contribution in [1.82, 2.24) is 19.7 Å². The first-order valence-electron chi connectivity index (χ1n) is 8.34. The van der Waals surface area contributed by atoms with Gasteiger partial charge in [0, 0.05) is 26.0 Å². The van der Waals surface area contributed by atoms with Gasteiger partial charge >= 0.3 is 5.92 Å². The first-order chi connectivity index (χ1) is 12.4. The van der Waals surface area contributed by atoms with Crippen LogP contribution in [-0.4, -0.2) is 46.7 Å². The first-order valence-corrected chi connectivity index (χ1v) is 8.34. The van der Waals surface area contributed by atoms with Crippen LogP contribution < -0.4 is 10.6 Å². The van der Waals surface area contributed by atoms with E-state index in [1.165, 1.54) is 7.05 Å². The van der Waals surface area contributed by atoms with E-state index in [-0.39, 0.29) is 17.8 Å². The molecule has 1 aliphatic heterocycles. The third-order valence-electron chi connectivity index (χ3n) is 4.26. The highest BCUT2D eigenvalue weighted by Gasteiger charge is 2.35. The average molecular weight is 370 g/mol. The van der Waals surface area contributed by atoms with Crippen molar-refractivity contribution in [3.63, 3.8) is 0 Å². The second kappa shape index (κ2) is 7.48. The molecule has 10 heteroatoms. The summed E-state index contributed by atoms with van der Waals surface area (Å²) in [6.45, 7) is 1.38. The van der Waals surface area contributed by atoms with E-state index >= 15 is 0 Å². The van der Waals surface area contributed by atoms with Crippen LogP contribution in [0.2, 0.25) is 0 Å². The zero-order valence-electron chi connectivity index (χ0n) is 14.6. The molecule has 2 aromatic rings. The van der Waals surface area contributed by atoms with Crippen LogP contribution in [0.15, 0.2) is 12.4 Å². The van der Waals surface area contributed by atoms with Gasteiger partial charge in [0.05, 0.1) is 29.6 Å². The van der Waals surface area contributed by atoms with E-state index in [2.05, 4.69) is 25.7 Å². The fourth-order valence-electron chi connectivity index (χ4n) is 2.82. The van der Waals surface area contributed by atoms with E-state index in [0.717, 1.165) is 31.3 Å². The number of ether oxygens (including phenoxy) is 1. The normalized spacial score (nSPS) is 18.0. The third kappa shape index (κ3) is 3.74. The topological polar surface area (TPSA) is 76.9 Å². The molecule has 0 amide bonds. The summed E-state index contributed by atoms with van der Waals surface area (Å²) in [5.74, 6) is -3.65. The highest BCUT2D eigenvalue weighted by Crippen LogP contribution is 2.33. The lowest BCUT2D eigenvalue weighted by Gasteiger charge is -2.22. The van der Waals surface area contributed by atoms with Gasteiger partial charge in [0.1, 0.15) is 5.82 Å². The Bertz CT molecular complexity index is 760. The molecule has 2 N–H and O–H groups in total. The fourth-order valence-corrected chi connectivity index (χ4v) is 2.82. The molecule has 3 heterocycles. The summed E-state index contributed by atoms with van der Waals surface area (Å²) >= 11 is 0. The van der Waals surface area contributed by atoms with Gasteiger partial charge in [0.2, 0.25) is 5.95 Å². The minimum Gasteiger partial charge on any atom is -0.379 e. The molecule has 1 saturated heterocycles. The Morgan fingerprint density at radius 3 is 2.88 bits per heavy atom. The average Bonchev–Trinajstić information content (AvgIpc) is 3.02. The molecule has 3 rings (SSSR count). The number of nitrogens with one attached hydrogen (secondary N) is 2. The van der Waals surface area contributed by atoms with Crippen LogP contribution in [0.5, 0.6) is 0 Å². The predicted octanol–water partition coefficient (Wildman–Crippen LogP) is 3.18. The smallest absolute Gasteiger partial charge is 0.306 e. The van der Waals surface area contributed by atoms with Crippen molar-refractivity contribution in [2.24, 2.45) is 0 Å². The Balaban J connectivity index is 1.82. The van der Waals surface area contributed by atoms with Crippen molar-refractivity contribution in [2.45, 2.75) is 31.7 Å². The number of anilines is 3. The number of alkyl halides is 3. The van der Waals surface area contributed by atoms with Crippen molar-refractivity contribution in [3.05, 3.63) is 23.7 Å². The first kappa shape index (κ1) is 18.4. The van der Waals surface area contributed by atoms with Crippen LogP contribution in [0, 0.1) is 6.92 Å². The number of hydrogen-bond donors (Lipinski definition) is 2. The third-order valence-corrected chi connectivity index (χ3v) is 4.26. The summed E-state index contributed by atoms with van der Waals surface area (Å²) in [5, 5.41) is 10.0. The summed E-state index contributed by atoms with van der Waals surface area (Å²) < 4.78 is 47.1. The van der Waals surface area contributed by atoms with Crippen LogP contribution in [0.25, 0.3) is 0 Å². The summed E-state index contributed by atoms with van der Waals surface area (Å²) in [6.07, 6.45) is 4.70.